The van der Waals surface area contributed by atoms with Gasteiger partial charge in [0.05, 0.1) is 19.6 Å². The molecule has 1 amide bonds. The Morgan fingerprint density at radius 1 is 1.27 bits per heavy atom. The normalized spacial score (nSPS) is 16.7. The Morgan fingerprint density at radius 2 is 2.03 bits per heavy atom. The average molecular weight is 414 g/mol. The first kappa shape index (κ1) is 21.7. The van der Waals surface area contributed by atoms with Gasteiger partial charge in [0.25, 0.3) is 0 Å². The zero-order valence-electron chi connectivity index (χ0n) is 17.9. The third kappa shape index (κ3) is 5.76. The van der Waals surface area contributed by atoms with Crippen LogP contribution in [0.2, 0.25) is 0 Å². The van der Waals surface area contributed by atoms with Gasteiger partial charge in [-0.05, 0) is 50.6 Å². The summed E-state index contributed by atoms with van der Waals surface area (Å²) in [6.07, 6.45) is 0. The number of guanidine groups is 1. The Kier molecular flexibility index (Phi) is 6.99. The number of benzene rings is 1. The van der Waals surface area contributed by atoms with Gasteiger partial charge in [-0.25, -0.2) is 4.99 Å². The van der Waals surface area contributed by atoms with E-state index in [1.54, 1.807) is 13.0 Å². The highest BCUT2D eigenvalue weighted by atomic mass is 16.4. The number of nitrogens with one attached hydrogen (secondary N) is 3. The van der Waals surface area contributed by atoms with Crippen molar-refractivity contribution < 1.29 is 14.3 Å². The number of anilines is 1. The maximum atomic E-state index is 11.6. The lowest BCUT2D eigenvalue weighted by Gasteiger charge is -2.28. The van der Waals surface area contributed by atoms with Crippen molar-refractivity contribution in [2.45, 2.75) is 32.9 Å². The van der Waals surface area contributed by atoms with Gasteiger partial charge in [-0.1, -0.05) is 12.1 Å². The molecule has 0 saturated carbocycles. The van der Waals surface area contributed by atoms with E-state index in [9.17, 15) is 9.90 Å². The van der Waals surface area contributed by atoms with Crippen LogP contribution in [0.4, 0.5) is 5.69 Å². The predicted octanol–water partition coefficient (Wildman–Crippen LogP) is 1.49. The molecule has 3 rings (SSSR count). The summed E-state index contributed by atoms with van der Waals surface area (Å²) in [6.45, 7) is 8.90. The number of rotatable bonds is 7. The summed E-state index contributed by atoms with van der Waals surface area (Å²) in [6, 6.07) is 11.7. The molecule has 1 aliphatic heterocycles. The molecule has 30 heavy (non-hydrogen) atoms. The van der Waals surface area contributed by atoms with Crippen LogP contribution in [0.15, 0.2) is 45.8 Å². The molecule has 1 saturated heterocycles. The number of nitrogens with zero attached hydrogens (tertiary/aromatic N) is 2. The van der Waals surface area contributed by atoms with Gasteiger partial charge in [0.15, 0.2) is 5.96 Å². The molecule has 1 aromatic carbocycles. The van der Waals surface area contributed by atoms with E-state index in [1.807, 2.05) is 44.2 Å². The predicted molar refractivity (Wildman–Crippen MR) is 117 cm³/mol. The smallest absolute Gasteiger partial charge is 0.239 e. The third-order valence-corrected chi connectivity index (χ3v) is 4.98. The summed E-state index contributed by atoms with van der Waals surface area (Å²) in [5.41, 5.74) is 0.950. The zero-order valence-corrected chi connectivity index (χ0v) is 17.9. The topological polar surface area (TPSA) is 102 Å². The molecular formula is C22H31N5O3. The van der Waals surface area contributed by atoms with E-state index in [1.165, 1.54) is 0 Å². The first-order chi connectivity index (χ1) is 14.4. The third-order valence-electron chi connectivity index (χ3n) is 4.98. The van der Waals surface area contributed by atoms with E-state index in [-0.39, 0.29) is 12.5 Å². The van der Waals surface area contributed by atoms with Crippen LogP contribution in [-0.4, -0.2) is 49.7 Å². The van der Waals surface area contributed by atoms with Gasteiger partial charge in [0.1, 0.15) is 17.1 Å². The maximum absolute atomic E-state index is 11.6. The maximum Gasteiger partial charge on any atom is 0.239 e. The van der Waals surface area contributed by atoms with Crippen molar-refractivity contribution in [3.63, 3.8) is 0 Å². The Hall–Kier alpha value is -3.00. The molecule has 1 atom stereocenters. The number of carbonyl (C=O) groups is 1. The van der Waals surface area contributed by atoms with Crippen LogP contribution >= 0.6 is 0 Å². The highest BCUT2D eigenvalue weighted by Crippen LogP contribution is 2.22. The van der Waals surface area contributed by atoms with E-state index >= 15 is 0 Å². The number of hydrogen-bond donors (Lipinski definition) is 4. The van der Waals surface area contributed by atoms with E-state index in [0.29, 0.717) is 37.9 Å². The average Bonchev–Trinajstić information content (AvgIpc) is 3.18. The molecule has 1 aromatic heterocycles. The summed E-state index contributed by atoms with van der Waals surface area (Å²) in [5.74, 6) is 1.96. The lowest BCUT2D eigenvalue weighted by atomic mass is 10.0. The van der Waals surface area contributed by atoms with Gasteiger partial charge < -0.3 is 30.4 Å². The Labute approximate surface area is 177 Å². The molecule has 0 radical (unpaired) electrons. The summed E-state index contributed by atoms with van der Waals surface area (Å²) in [5, 5.41) is 19.9. The summed E-state index contributed by atoms with van der Waals surface area (Å²) >= 11 is 0. The molecule has 1 fully saturated rings. The van der Waals surface area contributed by atoms with E-state index in [2.05, 4.69) is 25.8 Å². The number of aliphatic hydroxyl groups is 1. The van der Waals surface area contributed by atoms with Crippen LogP contribution in [0.5, 0.6) is 0 Å². The highest BCUT2D eigenvalue weighted by Gasteiger charge is 2.27. The van der Waals surface area contributed by atoms with Crippen molar-refractivity contribution >= 4 is 17.6 Å². The minimum Gasteiger partial charge on any atom is -0.463 e. The van der Waals surface area contributed by atoms with Crippen molar-refractivity contribution in [3.8, 4) is 0 Å². The summed E-state index contributed by atoms with van der Waals surface area (Å²) in [4.78, 5) is 18.2. The minimum atomic E-state index is -1.15. The molecule has 162 valence electrons. The van der Waals surface area contributed by atoms with Crippen molar-refractivity contribution in [1.29, 1.82) is 0 Å². The molecule has 0 spiro atoms. The first-order valence-corrected chi connectivity index (χ1v) is 10.3. The monoisotopic (exact) mass is 413 g/mol. The number of piperazine rings is 1. The summed E-state index contributed by atoms with van der Waals surface area (Å²) in [7, 11) is 0. The van der Waals surface area contributed by atoms with Gasteiger partial charge in [0.2, 0.25) is 5.91 Å². The second-order valence-corrected chi connectivity index (χ2v) is 7.67. The highest BCUT2D eigenvalue weighted by molar-refractivity contribution is 5.82. The van der Waals surface area contributed by atoms with Crippen molar-refractivity contribution in [2.24, 2.45) is 4.99 Å². The molecule has 1 aliphatic rings. The fourth-order valence-electron chi connectivity index (χ4n) is 3.25. The molecule has 8 heteroatoms. The molecule has 2 aromatic rings. The Bertz CT molecular complexity index is 873. The van der Waals surface area contributed by atoms with Crippen LogP contribution in [0, 0.1) is 6.92 Å². The molecule has 0 bridgehead atoms. The fourth-order valence-corrected chi connectivity index (χ4v) is 3.25. The van der Waals surface area contributed by atoms with Crippen LogP contribution < -0.4 is 20.9 Å². The zero-order chi connectivity index (χ0) is 21.6. The van der Waals surface area contributed by atoms with Crippen LogP contribution in [0.3, 0.4) is 0 Å². The molecule has 4 N–H and O–H groups in total. The van der Waals surface area contributed by atoms with Crippen LogP contribution in [0.25, 0.3) is 0 Å². The van der Waals surface area contributed by atoms with Crippen molar-refractivity contribution in [3.05, 3.63) is 53.5 Å². The van der Waals surface area contributed by atoms with E-state index in [4.69, 9.17) is 4.42 Å². The second kappa shape index (κ2) is 9.67. The fraction of sp³-hybridized carbons (Fsp3) is 0.455. The van der Waals surface area contributed by atoms with E-state index in [0.717, 1.165) is 23.6 Å². The molecule has 0 aliphatic carbocycles. The standard InChI is InChI=1S/C22H31N5O3/c1-4-23-21(26-15-22(3,29)19-10-5-16(2)30-19)25-13-17-6-8-18(9-7-17)27-12-11-24-20(28)14-27/h5-10,29H,4,11-15H2,1-3H3,(H,24,28)(H2,23,25,26). The molecule has 1 unspecified atom stereocenters. The van der Waals surface area contributed by atoms with Crippen LogP contribution in [-0.2, 0) is 16.9 Å². The van der Waals surface area contributed by atoms with Gasteiger partial charge in [-0.3, -0.25) is 4.79 Å². The number of hydrogen-bond acceptors (Lipinski definition) is 5. The Balaban J connectivity index is 1.59. The largest absolute Gasteiger partial charge is 0.463 e. The second-order valence-electron chi connectivity index (χ2n) is 7.67. The van der Waals surface area contributed by atoms with Crippen LogP contribution in [0.1, 0.15) is 30.9 Å². The summed E-state index contributed by atoms with van der Waals surface area (Å²) < 4.78 is 5.56. The first-order valence-electron chi connectivity index (χ1n) is 10.3. The van der Waals surface area contributed by atoms with E-state index < -0.39 is 5.60 Å². The quantitative estimate of drug-likeness (QED) is 0.405. The van der Waals surface area contributed by atoms with Crippen molar-refractivity contribution in [2.75, 3.05) is 37.6 Å². The lowest BCUT2D eigenvalue weighted by Crippen LogP contribution is -2.47. The van der Waals surface area contributed by atoms with Crippen molar-refractivity contribution in [1.82, 2.24) is 16.0 Å². The van der Waals surface area contributed by atoms with Gasteiger partial charge in [-0.15, -0.1) is 0 Å². The number of aliphatic imine (C=N–C) groups is 1. The lowest BCUT2D eigenvalue weighted by molar-refractivity contribution is -0.120. The SMILES string of the molecule is CCNC(=NCc1ccc(N2CCNC(=O)C2)cc1)NCC(C)(O)c1ccc(C)o1. The van der Waals surface area contributed by atoms with Gasteiger partial charge >= 0.3 is 0 Å². The van der Waals surface area contributed by atoms with Gasteiger partial charge in [0, 0.05) is 25.3 Å². The van der Waals surface area contributed by atoms with Gasteiger partial charge in [-0.2, -0.15) is 0 Å². The molecular weight excluding hydrogens is 382 g/mol. The number of aryl methyl sites for hydroxylation is 1. The molecule has 2 heterocycles. The number of amides is 1. The minimum absolute atomic E-state index is 0.0527. The molecule has 8 nitrogen and oxygen atoms in total. The number of carbonyl (C=O) groups excluding carboxylic acids is 1. The Morgan fingerprint density at radius 3 is 2.67 bits per heavy atom. The number of furan rings is 1.